The first-order chi connectivity index (χ1) is 22.0. The van der Waals surface area contributed by atoms with Gasteiger partial charge >= 0.3 is 0 Å². The fraction of sp³-hybridized carbons (Fsp3) is 0.568. The van der Waals surface area contributed by atoms with Gasteiger partial charge in [-0.3, -0.25) is 9.52 Å². The molecule has 1 fully saturated rings. The molecular weight excluding hydrogens is 618 g/mol. The zero-order valence-corrected chi connectivity index (χ0v) is 29.4. The number of hydrogen-bond donors (Lipinski definition) is 1. The van der Waals surface area contributed by atoms with E-state index < -0.39 is 9.71 Å². The number of aryl methyl sites for hydroxylation is 1. The highest BCUT2D eigenvalue weighted by Gasteiger charge is 2.44. The van der Waals surface area contributed by atoms with Gasteiger partial charge in [-0.15, -0.1) is 0 Å². The van der Waals surface area contributed by atoms with Gasteiger partial charge in [-0.2, -0.15) is 0 Å². The van der Waals surface area contributed by atoms with Crippen LogP contribution < -0.4 is 14.4 Å². The Balaban J connectivity index is 1.40. The number of hydrogen-bond acceptors (Lipinski definition) is 6. The van der Waals surface area contributed by atoms with Crippen LogP contribution in [0.5, 0.6) is 5.75 Å². The average Bonchev–Trinajstić information content (AvgIpc) is 3.14. The van der Waals surface area contributed by atoms with Crippen LogP contribution in [0.4, 0.5) is 5.69 Å². The second-order valence-corrected chi connectivity index (χ2v) is 17.3. The molecule has 7 atom stereocenters. The van der Waals surface area contributed by atoms with Crippen LogP contribution in [-0.2, 0) is 26.3 Å². The molecule has 46 heavy (non-hydrogen) atoms. The van der Waals surface area contributed by atoms with Gasteiger partial charge in [-0.1, -0.05) is 36.7 Å². The lowest BCUT2D eigenvalue weighted by Gasteiger charge is -2.46. The summed E-state index contributed by atoms with van der Waals surface area (Å²) >= 11 is 6.46. The molecule has 2 aromatic carbocycles. The summed E-state index contributed by atoms with van der Waals surface area (Å²) in [7, 11) is 1.24. The summed E-state index contributed by atoms with van der Waals surface area (Å²) in [6, 6.07) is 12.0. The van der Waals surface area contributed by atoms with Gasteiger partial charge < -0.3 is 19.3 Å². The highest BCUT2D eigenvalue weighted by Crippen LogP contribution is 2.47. The number of rotatable bonds is 4. The number of carbonyl (C=O) groups excluding carboxylic acids is 1. The Morgan fingerprint density at radius 3 is 2.78 bits per heavy atom. The number of amides is 1. The second-order valence-electron chi connectivity index (χ2n) is 14.4. The van der Waals surface area contributed by atoms with Crippen LogP contribution in [0.1, 0.15) is 67.4 Å². The maximum absolute atomic E-state index is 13.8. The van der Waals surface area contributed by atoms with Crippen LogP contribution in [0.3, 0.4) is 0 Å². The average molecular weight is 668 g/mol. The fourth-order valence-corrected chi connectivity index (χ4v) is 9.46. The zero-order chi connectivity index (χ0) is 32.6. The quantitative estimate of drug-likeness (QED) is 0.313. The summed E-state index contributed by atoms with van der Waals surface area (Å²) in [6.45, 7) is 7.72. The zero-order valence-electron chi connectivity index (χ0n) is 27.8. The van der Waals surface area contributed by atoms with Crippen LogP contribution in [0.2, 0.25) is 5.02 Å². The van der Waals surface area contributed by atoms with Crippen LogP contribution >= 0.6 is 11.6 Å². The van der Waals surface area contributed by atoms with Crippen molar-refractivity contribution in [1.29, 1.82) is 0 Å². The van der Waals surface area contributed by atoms with Gasteiger partial charge in [0.2, 0.25) is 0 Å². The Morgan fingerprint density at radius 1 is 1.20 bits per heavy atom. The third-order valence-electron chi connectivity index (χ3n) is 11.0. The Labute approximate surface area is 280 Å². The van der Waals surface area contributed by atoms with Crippen LogP contribution in [0.25, 0.3) is 0 Å². The molecule has 1 amide bonds. The summed E-state index contributed by atoms with van der Waals surface area (Å²) in [6.07, 6.45) is 10.5. The van der Waals surface area contributed by atoms with Gasteiger partial charge in [-0.05, 0) is 125 Å². The Kier molecular flexibility index (Phi) is 9.82. The number of carbonyl (C=O) groups is 1. The van der Waals surface area contributed by atoms with Crippen molar-refractivity contribution in [3.63, 3.8) is 0 Å². The van der Waals surface area contributed by atoms with Gasteiger partial charge in [0.15, 0.2) is 0 Å². The third kappa shape index (κ3) is 6.87. The minimum atomic E-state index is -2.91. The molecule has 2 aliphatic heterocycles. The van der Waals surface area contributed by atoms with E-state index >= 15 is 0 Å². The van der Waals surface area contributed by atoms with E-state index in [2.05, 4.69) is 65.7 Å². The monoisotopic (exact) mass is 667 g/mol. The van der Waals surface area contributed by atoms with Crippen molar-refractivity contribution in [2.24, 2.45) is 17.8 Å². The van der Waals surface area contributed by atoms with Crippen LogP contribution in [-0.4, -0.2) is 79.2 Å². The molecule has 0 aromatic heterocycles. The number of nitrogens with zero attached hydrogens (tertiary/aromatic N) is 2. The summed E-state index contributed by atoms with van der Waals surface area (Å²) in [5.74, 6) is 5.32. The maximum atomic E-state index is 13.8. The van der Waals surface area contributed by atoms with Gasteiger partial charge in [0.05, 0.1) is 34.7 Å². The van der Waals surface area contributed by atoms with Gasteiger partial charge in [-0.25, -0.2) is 4.21 Å². The summed E-state index contributed by atoms with van der Waals surface area (Å²) in [4.78, 5) is 18.2. The van der Waals surface area contributed by atoms with E-state index in [1.165, 1.54) is 11.1 Å². The van der Waals surface area contributed by atoms with E-state index in [1.807, 2.05) is 25.1 Å². The van der Waals surface area contributed by atoms with Crippen molar-refractivity contribution in [2.75, 3.05) is 51.8 Å². The number of anilines is 1. The van der Waals surface area contributed by atoms with E-state index in [9.17, 15) is 9.00 Å². The van der Waals surface area contributed by atoms with Crippen molar-refractivity contribution < 1.29 is 18.5 Å². The molecule has 1 N–H and O–H groups in total. The van der Waals surface area contributed by atoms with E-state index in [-0.39, 0.29) is 28.6 Å². The predicted molar refractivity (Wildman–Crippen MR) is 190 cm³/mol. The Morgan fingerprint density at radius 2 is 2.02 bits per heavy atom. The van der Waals surface area contributed by atoms with Crippen molar-refractivity contribution in [1.82, 2.24) is 9.62 Å². The van der Waals surface area contributed by atoms with E-state index in [1.54, 1.807) is 6.07 Å². The number of likely N-dealkylation sites (N-methyl/N-ethyl adjacent to an activating group) is 1. The second kappa shape index (κ2) is 13.5. The Bertz CT molecular complexity index is 1580. The lowest BCUT2D eigenvalue weighted by atomic mass is 9.68. The molecule has 1 spiro atoms. The van der Waals surface area contributed by atoms with Gasteiger partial charge in [0.1, 0.15) is 5.75 Å². The Hall–Kier alpha value is -2.52. The van der Waals surface area contributed by atoms with E-state index in [0.29, 0.717) is 30.6 Å². The number of allylic oxidation sites excluding steroid dienone is 1. The largest absolute Gasteiger partial charge is 0.490 e. The fourth-order valence-electron chi connectivity index (χ4n) is 7.79. The first-order valence-corrected chi connectivity index (χ1v) is 19.0. The summed E-state index contributed by atoms with van der Waals surface area (Å²) < 4.78 is 29.9. The molecule has 0 saturated heterocycles. The molecular formula is C37H50ClN3O4S. The molecule has 1 saturated carbocycles. The molecule has 6 rings (SSSR count). The molecule has 250 valence electrons. The van der Waals surface area contributed by atoms with Gasteiger partial charge in [0, 0.05) is 40.9 Å². The molecule has 0 radical (unpaired) electrons. The molecule has 2 aromatic rings. The minimum absolute atomic E-state index is 0.0125. The highest BCUT2D eigenvalue weighted by atomic mass is 35.5. The smallest absolute Gasteiger partial charge is 0.262 e. The third-order valence-corrected chi connectivity index (χ3v) is 13.4. The molecule has 2 bridgehead atoms. The molecule has 4 aliphatic rings. The number of fused-ring (bicyclic) bond motifs is 4. The number of nitrogens with one attached hydrogen (secondary N) is 1. The van der Waals surface area contributed by atoms with Gasteiger partial charge in [0.25, 0.3) is 5.91 Å². The maximum Gasteiger partial charge on any atom is 0.262 e. The molecule has 2 heterocycles. The SMILES string of the molecule is C=S1(=O)NC(=O)c2ccc3c(c2)N(C[C@@H]2CC[C@H]2[C@@H](OCCN(C)C)/C=C/C[C@H](C)[C@H]1C)C[C@@]1(CCCc2cc(Cl)ccc21)CO3. The number of benzene rings is 2. The topological polar surface area (TPSA) is 71.1 Å². The van der Waals surface area contributed by atoms with Crippen molar-refractivity contribution >= 4 is 38.8 Å². The summed E-state index contributed by atoms with van der Waals surface area (Å²) in [5.41, 5.74) is 3.81. The van der Waals surface area contributed by atoms with Crippen LogP contribution in [0, 0.1) is 17.8 Å². The van der Waals surface area contributed by atoms with Crippen molar-refractivity contribution in [3.05, 3.63) is 70.3 Å². The van der Waals surface area contributed by atoms with Crippen molar-refractivity contribution in [3.8, 4) is 5.75 Å². The van der Waals surface area contributed by atoms with Crippen molar-refractivity contribution in [2.45, 2.75) is 69.1 Å². The van der Waals surface area contributed by atoms with Crippen LogP contribution in [0.15, 0.2) is 48.6 Å². The first-order valence-electron chi connectivity index (χ1n) is 16.9. The molecule has 2 aliphatic carbocycles. The standard InChI is InChI=1S/C37H50ClN3O4S/c1-25-8-6-10-34(44-19-18-40(3)4)31-14-11-29(31)22-41-23-37(17-7-9-27-20-30(38)13-15-32(27)37)24-45-35-16-12-28(21-33(35)41)36(42)39-46(5,43)26(25)2/h6,10,12-13,15-16,20-21,25-26,29,31,34H,5,7-9,11,14,17-19,22-24H2,1-4H3,(H,39,42,43)/b10-6+/t25-,26+,29-,31+,34-,37-,46?/m0/s1. The molecule has 7 nitrogen and oxygen atoms in total. The number of halogens is 1. The number of ether oxygens (including phenoxy) is 2. The normalized spacial score (nSPS) is 33.7. The minimum Gasteiger partial charge on any atom is -0.490 e. The lowest BCUT2D eigenvalue weighted by molar-refractivity contribution is -0.0180. The summed E-state index contributed by atoms with van der Waals surface area (Å²) in [5, 5.41) is 0.463. The highest BCUT2D eigenvalue weighted by molar-refractivity contribution is 7.99. The lowest BCUT2D eigenvalue weighted by Crippen LogP contribution is -2.49. The van der Waals surface area contributed by atoms with E-state index in [0.717, 1.165) is 74.6 Å². The molecule has 1 unspecified atom stereocenters. The first kappa shape index (κ1) is 33.4. The van der Waals surface area contributed by atoms with E-state index in [4.69, 9.17) is 21.1 Å². The molecule has 9 heteroatoms. The predicted octanol–water partition coefficient (Wildman–Crippen LogP) is 6.13.